The predicted molar refractivity (Wildman–Crippen MR) is 102 cm³/mol. The van der Waals surface area contributed by atoms with Crippen LogP contribution in [0.2, 0.25) is 0 Å². The van der Waals surface area contributed by atoms with E-state index in [1.807, 2.05) is 0 Å². The summed E-state index contributed by atoms with van der Waals surface area (Å²) in [5, 5.41) is 22.3. The van der Waals surface area contributed by atoms with Gasteiger partial charge in [0.15, 0.2) is 9.84 Å². The van der Waals surface area contributed by atoms with E-state index in [9.17, 15) is 18.6 Å². The predicted octanol–water partition coefficient (Wildman–Crippen LogP) is 1.86. The quantitative estimate of drug-likeness (QED) is 0.557. The summed E-state index contributed by atoms with van der Waals surface area (Å²) in [6.07, 6.45) is 0.0402. The van der Waals surface area contributed by atoms with Gasteiger partial charge >= 0.3 is 0 Å². The van der Waals surface area contributed by atoms with Crippen LogP contribution in [0, 0.1) is 6.92 Å². The van der Waals surface area contributed by atoms with E-state index in [0.717, 1.165) is 6.26 Å². The summed E-state index contributed by atoms with van der Waals surface area (Å²) >= 11 is 0. The second kappa shape index (κ2) is 9.07. The number of phenols is 1. The summed E-state index contributed by atoms with van der Waals surface area (Å²) in [5.41, 5.74) is 0.596. The number of aliphatic hydroxyl groups excluding tert-OH is 1. The number of hydrogen-bond donors (Lipinski definition) is 3. The second-order valence-corrected chi connectivity index (χ2v) is 8.31. The van der Waals surface area contributed by atoms with Crippen molar-refractivity contribution in [1.29, 1.82) is 0 Å². The van der Waals surface area contributed by atoms with Gasteiger partial charge in [0.1, 0.15) is 36.2 Å². The van der Waals surface area contributed by atoms with Gasteiger partial charge in [0.2, 0.25) is 0 Å². The SMILES string of the molecule is Cc1cc(OCC(O)CNC(C)Oc2ccc(O)cc2)ccc1S(C)(=O)=O. The molecule has 0 aliphatic heterocycles. The lowest BCUT2D eigenvalue weighted by Gasteiger charge is -2.19. The maximum Gasteiger partial charge on any atom is 0.175 e. The lowest BCUT2D eigenvalue weighted by Crippen LogP contribution is -2.39. The average Bonchev–Trinajstić information content (AvgIpc) is 2.59. The molecule has 0 aliphatic rings. The molecule has 0 spiro atoms. The number of aliphatic hydroxyl groups is 1. The van der Waals surface area contributed by atoms with Gasteiger partial charge in [0.25, 0.3) is 0 Å². The van der Waals surface area contributed by atoms with Crippen LogP contribution in [0.25, 0.3) is 0 Å². The first-order chi connectivity index (χ1) is 12.6. The highest BCUT2D eigenvalue weighted by atomic mass is 32.2. The Balaban J connectivity index is 1.78. The summed E-state index contributed by atoms with van der Waals surface area (Å²) in [5.74, 6) is 1.25. The number of aryl methyl sites for hydroxylation is 1. The molecule has 0 aromatic heterocycles. The van der Waals surface area contributed by atoms with Crippen molar-refractivity contribution >= 4 is 9.84 Å². The molecule has 8 heteroatoms. The first-order valence-corrected chi connectivity index (χ1v) is 10.3. The number of hydrogen-bond acceptors (Lipinski definition) is 7. The van der Waals surface area contributed by atoms with Gasteiger partial charge in [-0.2, -0.15) is 0 Å². The number of rotatable bonds is 9. The third-order valence-corrected chi connectivity index (χ3v) is 5.04. The number of benzene rings is 2. The van der Waals surface area contributed by atoms with Crippen LogP contribution in [-0.2, 0) is 9.84 Å². The van der Waals surface area contributed by atoms with Crippen molar-refractivity contribution in [3.8, 4) is 17.2 Å². The van der Waals surface area contributed by atoms with Gasteiger partial charge in [-0.25, -0.2) is 8.42 Å². The molecule has 0 amide bonds. The number of sulfone groups is 1. The Morgan fingerprint density at radius 2 is 1.74 bits per heavy atom. The summed E-state index contributed by atoms with van der Waals surface area (Å²) in [7, 11) is -3.27. The van der Waals surface area contributed by atoms with Crippen LogP contribution in [-0.4, -0.2) is 50.4 Å². The topological polar surface area (TPSA) is 105 Å². The van der Waals surface area contributed by atoms with Crippen molar-refractivity contribution in [3.63, 3.8) is 0 Å². The Bertz CT molecular complexity index is 851. The van der Waals surface area contributed by atoms with E-state index in [4.69, 9.17) is 9.47 Å². The number of nitrogens with one attached hydrogen (secondary N) is 1. The van der Waals surface area contributed by atoms with E-state index in [1.165, 1.54) is 18.2 Å². The molecule has 0 radical (unpaired) electrons. The molecule has 7 nitrogen and oxygen atoms in total. The molecular weight excluding hydrogens is 370 g/mol. The maximum atomic E-state index is 11.6. The molecule has 0 saturated heterocycles. The van der Waals surface area contributed by atoms with Gasteiger partial charge in [0.05, 0.1) is 4.90 Å². The third-order valence-electron chi connectivity index (χ3n) is 3.78. The molecule has 2 unspecified atom stereocenters. The standard InChI is InChI=1S/C19H25NO6S/c1-13-10-18(8-9-19(13)27(3,23)24)25-12-16(22)11-20-14(2)26-17-6-4-15(21)5-7-17/h4-10,14,16,20-22H,11-12H2,1-3H3. The van der Waals surface area contributed by atoms with Crippen LogP contribution >= 0.6 is 0 Å². The van der Waals surface area contributed by atoms with E-state index in [1.54, 1.807) is 38.1 Å². The van der Waals surface area contributed by atoms with E-state index < -0.39 is 15.9 Å². The van der Waals surface area contributed by atoms with Crippen molar-refractivity contribution in [2.45, 2.75) is 31.1 Å². The highest BCUT2D eigenvalue weighted by molar-refractivity contribution is 7.90. The minimum Gasteiger partial charge on any atom is -0.508 e. The van der Waals surface area contributed by atoms with Gasteiger partial charge in [-0.05, 0) is 61.9 Å². The van der Waals surface area contributed by atoms with Crippen LogP contribution in [0.1, 0.15) is 12.5 Å². The molecule has 2 atom stereocenters. The number of phenolic OH excluding ortho intramolecular Hbond substituents is 1. The Kier molecular flexibility index (Phi) is 7.06. The van der Waals surface area contributed by atoms with Gasteiger partial charge < -0.3 is 19.7 Å². The van der Waals surface area contributed by atoms with E-state index in [2.05, 4.69) is 5.32 Å². The summed E-state index contributed by atoms with van der Waals surface area (Å²) in [6.45, 7) is 3.80. The Hall–Kier alpha value is -2.29. The van der Waals surface area contributed by atoms with E-state index in [-0.39, 0.29) is 30.0 Å². The summed E-state index contributed by atoms with van der Waals surface area (Å²) in [6, 6.07) is 11.1. The van der Waals surface area contributed by atoms with Gasteiger partial charge in [0, 0.05) is 12.8 Å². The fourth-order valence-electron chi connectivity index (χ4n) is 2.45. The summed E-state index contributed by atoms with van der Waals surface area (Å²) in [4.78, 5) is 0.261. The normalized spacial score (nSPS) is 13.8. The van der Waals surface area contributed by atoms with Crippen LogP contribution in [0.3, 0.4) is 0 Å². The van der Waals surface area contributed by atoms with Crippen LogP contribution in [0.15, 0.2) is 47.4 Å². The van der Waals surface area contributed by atoms with Gasteiger partial charge in [-0.3, -0.25) is 5.32 Å². The molecule has 3 N–H and O–H groups in total. The van der Waals surface area contributed by atoms with Crippen LogP contribution < -0.4 is 14.8 Å². The van der Waals surface area contributed by atoms with Gasteiger partial charge in [-0.15, -0.1) is 0 Å². The molecule has 0 aliphatic carbocycles. The smallest absolute Gasteiger partial charge is 0.175 e. The fourth-order valence-corrected chi connectivity index (χ4v) is 3.41. The first kappa shape index (κ1) is 21.0. The number of aromatic hydroxyl groups is 1. The molecule has 2 aromatic carbocycles. The zero-order chi connectivity index (χ0) is 20.0. The Labute approximate surface area is 159 Å². The molecular formula is C19H25NO6S. The van der Waals surface area contributed by atoms with Crippen molar-refractivity contribution in [3.05, 3.63) is 48.0 Å². The first-order valence-electron chi connectivity index (χ1n) is 8.46. The average molecular weight is 395 g/mol. The molecule has 0 fully saturated rings. The molecule has 0 saturated carbocycles. The van der Waals surface area contributed by atoms with E-state index >= 15 is 0 Å². The largest absolute Gasteiger partial charge is 0.508 e. The number of ether oxygens (including phenoxy) is 2. The highest BCUT2D eigenvalue weighted by Gasteiger charge is 2.13. The zero-order valence-corrected chi connectivity index (χ0v) is 16.4. The molecule has 0 heterocycles. The molecule has 148 valence electrons. The molecule has 0 bridgehead atoms. The maximum absolute atomic E-state index is 11.6. The lowest BCUT2D eigenvalue weighted by molar-refractivity contribution is 0.0867. The molecule has 2 aromatic rings. The van der Waals surface area contributed by atoms with Gasteiger partial charge in [-0.1, -0.05) is 0 Å². The third kappa shape index (κ3) is 6.74. The van der Waals surface area contributed by atoms with Crippen molar-refractivity contribution in [2.75, 3.05) is 19.4 Å². The Morgan fingerprint density at radius 3 is 2.33 bits per heavy atom. The highest BCUT2D eigenvalue weighted by Crippen LogP contribution is 2.21. The second-order valence-electron chi connectivity index (χ2n) is 6.33. The Morgan fingerprint density at radius 1 is 1.11 bits per heavy atom. The summed E-state index contributed by atoms with van der Waals surface area (Å²) < 4.78 is 34.4. The zero-order valence-electron chi connectivity index (χ0n) is 15.5. The van der Waals surface area contributed by atoms with Crippen LogP contribution in [0.5, 0.6) is 17.2 Å². The fraction of sp³-hybridized carbons (Fsp3) is 0.368. The van der Waals surface area contributed by atoms with Crippen molar-refractivity contribution in [2.24, 2.45) is 0 Å². The van der Waals surface area contributed by atoms with Crippen molar-refractivity contribution in [1.82, 2.24) is 5.32 Å². The minimum atomic E-state index is -3.27. The monoisotopic (exact) mass is 395 g/mol. The lowest BCUT2D eigenvalue weighted by atomic mass is 10.2. The molecule has 2 rings (SSSR count). The van der Waals surface area contributed by atoms with E-state index in [0.29, 0.717) is 17.1 Å². The van der Waals surface area contributed by atoms with Crippen molar-refractivity contribution < 1.29 is 28.1 Å². The van der Waals surface area contributed by atoms with Crippen LogP contribution in [0.4, 0.5) is 0 Å². The minimum absolute atomic E-state index is 0.0522. The molecule has 27 heavy (non-hydrogen) atoms.